The molecule has 0 fully saturated rings. The van der Waals surface area contributed by atoms with E-state index in [1.54, 1.807) is 0 Å². The van der Waals surface area contributed by atoms with Gasteiger partial charge in [0.2, 0.25) is 0 Å². The summed E-state index contributed by atoms with van der Waals surface area (Å²) in [6, 6.07) is 2.02. The highest BCUT2D eigenvalue weighted by Gasteiger charge is 2.28. The molecule has 0 aromatic rings. The van der Waals surface area contributed by atoms with Gasteiger partial charge in [-0.2, -0.15) is 5.26 Å². The fraction of sp³-hybridized carbons (Fsp3) is 0.727. The Morgan fingerprint density at radius 2 is 1.38 bits per heavy atom. The minimum Gasteiger partial charge on any atom is -0.367 e. The Balaban J connectivity index is 4.81. The molecular weight excluding hydrogens is 160 g/mol. The molecule has 0 radical (unpaired) electrons. The molecule has 0 aliphatic carbocycles. The molecule has 0 bridgehead atoms. The highest BCUT2D eigenvalue weighted by molar-refractivity contribution is 5.05. The number of rotatable bonds is 1. The number of nitriles is 1. The molecule has 0 N–H and O–H groups in total. The second-order valence-corrected chi connectivity index (χ2v) is 5.16. The summed E-state index contributed by atoms with van der Waals surface area (Å²) in [6.07, 6.45) is 3.39. The van der Waals surface area contributed by atoms with Crippen molar-refractivity contribution in [3.8, 4) is 6.07 Å². The van der Waals surface area contributed by atoms with Gasteiger partial charge in [-0.05, 0) is 41.5 Å². The van der Waals surface area contributed by atoms with E-state index in [9.17, 15) is 0 Å². The van der Waals surface area contributed by atoms with Crippen LogP contribution in [0, 0.1) is 11.3 Å². The largest absolute Gasteiger partial charge is 0.367 e. The van der Waals surface area contributed by atoms with Crippen LogP contribution in [0.25, 0.3) is 0 Å². The Hall–Kier alpha value is -0.970. The van der Waals surface area contributed by atoms with Gasteiger partial charge in [0.05, 0.1) is 6.07 Å². The molecule has 0 aromatic heterocycles. The molecule has 74 valence electrons. The Morgan fingerprint density at radius 1 is 1.00 bits per heavy atom. The molecule has 0 aromatic carbocycles. The minimum atomic E-state index is 0.0472. The average Bonchev–Trinajstić information content (AvgIpc) is 1.81. The maximum Gasteiger partial charge on any atom is 0.0927 e. The van der Waals surface area contributed by atoms with Crippen LogP contribution in [0.5, 0.6) is 0 Å². The van der Waals surface area contributed by atoms with E-state index in [0.29, 0.717) is 0 Å². The molecule has 0 atom stereocenters. The van der Waals surface area contributed by atoms with Gasteiger partial charge in [-0.25, -0.2) is 0 Å². The molecule has 0 spiro atoms. The highest BCUT2D eigenvalue weighted by atomic mass is 15.2. The summed E-state index contributed by atoms with van der Waals surface area (Å²) in [6.45, 7) is 12.8. The third kappa shape index (κ3) is 3.98. The Morgan fingerprint density at radius 3 is 1.62 bits per heavy atom. The molecule has 0 saturated heterocycles. The van der Waals surface area contributed by atoms with Crippen LogP contribution in [0.3, 0.4) is 0 Å². The first-order valence-corrected chi connectivity index (χ1v) is 4.55. The van der Waals surface area contributed by atoms with Crippen molar-refractivity contribution >= 4 is 0 Å². The van der Waals surface area contributed by atoms with Gasteiger partial charge >= 0.3 is 0 Å². The summed E-state index contributed by atoms with van der Waals surface area (Å²) < 4.78 is 0. The van der Waals surface area contributed by atoms with Gasteiger partial charge in [0.15, 0.2) is 0 Å². The summed E-state index contributed by atoms with van der Waals surface area (Å²) >= 11 is 0. The number of allylic oxidation sites excluding steroid dienone is 1. The monoisotopic (exact) mass is 180 g/mol. The van der Waals surface area contributed by atoms with Crippen molar-refractivity contribution in [1.82, 2.24) is 4.90 Å². The van der Waals surface area contributed by atoms with Gasteiger partial charge in [-0.3, -0.25) is 0 Å². The van der Waals surface area contributed by atoms with Crippen LogP contribution in [0.1, 0.15) is 41.5 Å². The fourth-order valence-electron chi connectivity index (χ4n) is 1.56. The van der Waals surface area contributed by atoms with Gasteiger partial charge in [-0.1, -0.05) is 0 Å². The van der Waals surface area contributed by atoms with Gasteiger partial charge in [0, 0.05) is 23.4 Å². The molecule has 0 saturated carbocycles. The van der Waals surface area contributed by atoms with E-state index in [1.165, 1.54) is 6.08 Å². The van der Waals surface area contributed by atoms with Gasteiger partial charge in [0.1, 0.15) is 0 Å². The quantitative estimate of drug-likeness (QED) is 0.580. The lowest BCUT2D eigenvalue weighted by Crippen LogP contribution is -2.48. The lowest BCUT2D eigenvalue weighted by Gasteiger charge is -2.44. The molecule has 0 heterocycles. The fourth-order valence-corrected chi connectivity index (χ4v) is 1.56. The zero-order chi connectivity index (χ0) is 10.7. The van der Waals surface area contributed by atoms with E-state index in [1.807, 2.05) is 12.3 Å². The lowest BCUT2D eigenvalue weighted by atomic mass is 9.97. The van der Waals surface area contributed by atoms with E-state index in [-0.39, 0.29) is 11.1 Å². The first kappa shape index (κ1) is 12.0. The smallest absolute Gasteiger partial charge is 0.0927 e. The summed E-state index contributed by atoms with van der Waals surface area (Å²) in [5, 5.41) is 8.48. The van der Waals surface area contributed by atoms with Crippen molar-refractivity contribution in [1.29, 1.82) is 5.26 Å². The first-order chi connectivity index (χ1) is 5.69. The molecule has 0 aliphatic rings. The Kier molecular flexibility index (Phi) is 3.54. The molecule has 0 rings (SSSR count). The topological polar surface area (TPSA) is 27.0 Å². The zero-order valence-corrected chi connectivity index (χ0v) is 9.55. The van der Waals surface area contributed by atoms with Crippen molar-refractivity contribution in [3.63, 3.8) is 0 Å². The lowest BCUT2D eigenvalue weighted by molar-refractivity contribution is 0.0962. The van der Waals surface area contributed by atoms with Crippen LogP contribution in [0.4, 0.5) is 0 Å². The van der Waals surface area contributed by atoms with Gasteiger partial charge in [0.25, 0.3) is 0 Å². The summed E-state index contributed by atoms with van der Waals surface area (Å²) in [7, 11) is 0. The third-order valence-corrected chi connectivity index (χ3v) is 1.74. The first-order valence-electron chi connectivity index (χ1n) is 4.55. The SMILES string of the molecule is CC(C)(C)N(/C=C/C#N)C(C)(C)C. The summed E-state index contributed by atoms with van der Waals surface area (Å²) in [5.74, 6) is 0. The predicted octanol–water partition coefficient (Wildman–Crippen LogP) is 2.92. The summed E-state index contributed by atoms with van der Waals surface area (Å²) in [5.41, 5.74) is 0.0944. The average molecular weight is 180 g/mol. The van der Waals surface area contributed by atoms with Crippen LogP contribution >= 0.6 is 0 Å². The normalized spacial score (nSPS) is 13.0. The second kappa shape index (κ2) is 3.83. The molecule has 13 heavy (non-hydrogen) atoms. The predicted molar refractivity (Wildman–Crippen MR) is 56.1 cm³/mol. The van der Waals surface area contributed by atoms with E-state index in [0.717, 1.165) is 0 Å². The van der Waals surface area contributed by atoms with Crippen molar-refractivity contribution in [2.75, 3.05) is 0 Å². The van der Waals surface area contributed by atoms with E-state index >= 15 is 0 Å². The van der Waals surface area contributed by atoms with E-state index in [2.05, 4.69) is 46.4 Å². The van der Waals surface area contributed by atoms with Crippen molar-refractivity contribution in [2.24, 2.45) is 0 Å². The number of hydrogen-bond donors (Lipinski definition) is 0. The third-order valence-electron chi connectivity index (χ3n) is 1.74. The minimum absolute atomic E-state index is 0.0472. The molecule has 0 aliphatic heterocycles. The van der Waals surface area contributed by atoms with Crippen molar-refractivity contribution in [3.05, 3.63) is 12.3 Å². The zero-order valence-electron chi connectivity index (χ0n) is 9.55. The number of hydrogen-bond acceptors (Lipinski definition) is 2. The van der Waals surface area contributed by atoms with Crippen molar-refractivity contribution < 1.29 is 0 Å². The maximum atomic E-state index is 8.48. The second-order valence-electron chi connectivity index (χ2n) is 5.16. The van der Waals surface area contributed by atoms with Gasteiger partial charge in [-0.15, -0.1) is 0 Å². The Labute approximate surface area is 81.9 Å². The maximum absolute atomic E-state index is 8.48. The van der Waals surface area contributed by atoms with Crippen LogP contribution in [0.15, 0.2) is 12.3 Å². The molecule has 0 amide bonds. The Bertz CT molecular complexity index is 206. The van der Waals surface area contributed by atoms with Crippen LogP contribution in [-0.2, 0) is 0 Å². The van der Waals surface area contributed by atoms with Crippen LogP contribution < -0.4 is 0 Å². The number of nitrogens with zero attached hydrogens (tertiary/aromatic N) is 2. The molecule has 2 nitrogen and oxygen atoms in total. The molecule has 0 unspecified atom stereocenters. The molecular formula is C11H20N2. The van der Waals surface area contributed by atoms with E-state index < -0.39 is 0 Å². The highest BCUT2D eigenvalue weighted by Crippen LogP contribution is 2.24. The van der Waals surface area contributed by atoms with Crippen LogP contribution in [-0.4, -0.2) is 16.0 Å². The molecule has 2 heteroatoms. The van der Waals surface area contributed by atoms with Crippen LogP contribution in [0.2, 0.25) is 0 Å². The van der Waals surface area contributed by atoms with Crippen molar-refractivity contribution in [2.45, 2.75) is 52.6 Å². The summed E-state index contributed by atoms with van der Waals surface area (Å²) in [4.78, 5) is 2.18. The van der Waals surface area contributed by atoms with E-state index in [4.69, 9.17) is 5.26 Å². The van der Waals surface area contributed by atoms with Gasteiger partial charge < -0.3 is 4.90 Å². The standard InChI is InChI=1S/C11H20N2/c1-10(2,3)13(9-7-8-12)11(4,5)6/h7,9H,1-6H3/b9-7+.